The third-order valence-electron chi connectivity index (χ3n) is 9.28. The highest BCUT2D eigenvalue weighted by Crippen LogP contribution is 2.08. The predicted octanol–water partition coefficient (Wildman–Crippen LogP) is 6.32. The highest BCUT2D eigenvalue weighted by atomic mass is 16.7. The van der Waals surface area contributed by atoms with Gasteiger partial charge in [-0.1, -0.05) is 65.5 Å². The van der Waals surface area contributed by atoms with Crippen LogP contribution in [0.2, 0.25) is 0 Å². The monoisotopic (exact) mass is 914 g/mol. The fraction of sp³-hybridized carbons (Fsp3) is 0.721. The summed E-state index contributed by atoms with van der Waals surface area (Å²) in [7, 11) is 0. The van der Waals surface area contributed by atoms with Crippen molar-refractivity contribution in [3.63, 3.8) is 0 Å². The average molecular weight is 914 g/mol. The Hall–Kier alpha value is -5.60. The zero-order valence-electron chi connectivity index (χ0n) is 38.6. The van der Waals surface area contributed by atoms with E-state index in [4.69, 9.17) is 28.5 Å². The van der Waals surface area contributed by atoms with Crippen LogP contribution in [0.15, 0.2) is 25.3 Å². The summed E-state index contributed by atoms with van der Waals surface area (Å²) in [5.74, 6) is -1.36. The van der Waals surface area contributed by atoms with Gasteiger partial charge in [-0.3, -0.25) is 0 Å². The fourth-order valence-corrected chi connectivity index (χ4v) is 5.58. The smallest absolute Gasteiger partial charge is 0.426 e. The molecule has 0 unspecified atom stereocenters. The van der Waals surface area contributed by atoms with E-state index in [1.54, 1.807) is 0 Å². The zero-order valence-corrected chi connectivity index (χ0v) is 38.6. The van der Waals surface area contributed by atoms with E-state index < -0.39 is 48.4 Å². The van der Waals surface area contributed by atoms with Gasteiger partial charge < -0.3 is 49.8 Å². The third-order valence-corrected chi connectivity index (χ3v) is 9.28. The Bertz CT molecular complexity index is 1390. The van der Waals surface area contributed by atoms with Crippen molar-refractivity contribution in [2.24, 2.45) is 0 Å². The van der Waals surface area contributed by atoms with Crippen molar-refractivity contribution in [1.82, 2.24) is 36.1 Å². The van der Waals surface area contributed by atoms with Crippen molar-refractivity contribution in [3.8, 4) is 0 Å². The molecule has 0 heterocycles. The van der Waals surface area contributed by atoms with Gasteiger partial charge in [0.05, 0.1) is 0 Å². The molecule has 0 aromatic rings. The van der Waals surface area contributed by atoms with Crippen molar-refractivity contribution in [2.45, 2.75) is 124 Å². The molecule has 0 radical (unpaired) electrons. The van der Waals surface area contributed by atoms with Gasteiger partial charge in [-0.15, -0.1) is 5.06 Å². The lowest BCUT2D eigenvalue weighted by molar-refractivity contribution is -0.139. The van der Waals surface area contributed by atoms with Gasteiger partial charge in [0.2, 0.25) is 0 Å². The first-order valence-corrected chi connectivity index (χ1v) is 22.5. The number of esters is 2. The van der Waals surface area contributed by atoms with Gasteiger partial charge in [0.25, 0.3) is 0 Å². The second kappa shape index (κ2) is 39.0. The maximum absolute atomic E-state index is 13.1. The quantitative estimate of drug-likeness (QED) is 0.0179. The Morgan fingerprint density at radius 3 is 1.22 bits per heavy atom. The number of imide groups is 2. The van der Waals surface area contributed by atoms with Crippen molar-refractivity contribution in [1.29, 1.82) is 0 Å². The molecule has 0 aliphatic heterocycles. The average Bonchev–Trinajstić information content (AvgIpc) is 3.29. The van der Waals surface area contributed by atoms with Gasteiger partial charge in [-0.25, -0.2) is 48.2 Å². The van der Waals surface area contributed by atoms with E-state index in [-0.39, 0.29) is 52.2 Å². The van der Waals surface area contributed by atoms with Crippen molar-refractivity contribution in [2.75, 3.05) is 78.8 Å². The number of nitrogens with one attached hydrogen (secondary N) is 4. The number of nitrogens with zero attached hydrogens (tertiary/aromatic N) is 3. The van der Waals surface area contributed by atoms with Crippen LogP contribution in [0.5, 0.6) is 0 Å². The first kappa shape index (κ1) is 58.4. The molecule has 4 N–H and O–H groups in total. The molecule has 0 rings (SSSR count). The molecule has 8 amide bonds. The van der Waals surface area contributed by atoms with Crippen LogP contribution in [0, 0.1) is 0 Å². The summed E-state index contributed by atoms with van der Waals surface area (Å²) in [4.78, 5) is 105. The van der Waals surface area contributed by atoms with Gasteiger partial charge in [-0.2, -0.15) is 0 Å². The topological polar surface area (TPSA) is 250 Å². The van der Waals surface area contributed by atoms with Crippen LogP contribution < -0.4 is 21.3 Å². The molecule has 0 aliphatic rings. The summed E-state index contributed by atoms with van der Waals surface area (Å²) >= 11 is 0. The number of hydrogen-bond acceptors (Lipinski definition) is 15. The Labute approximate surface area is 378 Å². The van der Waals surface area contributed by atoms with E-state index >= 15 is 0 Å². The molecule has 64 heavy (non-hydrogen) atoms. The lowest BCUT2D eigenvalue weighted by atomic mass is 10.2. The third kappa shape index (κ3) is 30.4. The molecule has 0 aromatic carbocycles. The maximum Gasteiger partial charge on any atom is 0.426 e. The van der Waals surface area contributed by atoms with Crippen LogP contribution in [0.25, 0.3) is 0 Å². The number of unbranched alkanes of at least 4 members (excludes halogenated alkanes) is 9. The molecular weight excluding hydrogens is 839 g/mol. The number of hydrogen-bond donors (Lipinski definition) is 4. The minimum absolute atomic E-state index is 0.0420. The second-order valence-electron chi connectivity index (χ2n) is 14.2. The van der Waals surface area contributed by atoms with E-state index in [1.807, 2.05) is 27.7 Å². The first-order chi connectivity index (χ1) is 30.9. The number of ether oxygens (including phenoxy) is 5. The van der Waals surface area contributed by atoms with Crippen LogP contribution in [-0.4, -0.2) is 148 Å². The van der Waals surface area contributed by atoms with Crippen LogP contribution in [0.3, 0.4) is 0 Å². The van der Waals surface area contributed by atoms with Gasteiger partial charge >= 0.3 is 48.4 Å². The molecule has 0 saturated heterocycles. The summed E-state index contributed by atoms with van der Waals surface area (Å²) in [6, 6.07) is -1.30. The molecule has 0 fully saturated rings. The number of rotatable bonds is 35. The molecule has 0 aromatic heterocycles. The zero-order chi connectivity index (χ0) is 47.8. The highest BCUT2D eigenvalue weighted by Gasteiger charge is 2.24. The Morgan fingerprint density at radius 2 is 0.844 bits per heavy atom. The highest BCUT2D eigenvalue weighted by molar-refractivity contribution is 5.91. The van der Waals surface area contributed by atoms with E-state index in [9.17, 15) is 38.4 Å². The summed E-state index contributed by atoms with van der Waals surface area (Å²) in [5, 5.41) is 12.4. The molecule has 366 valence electrons. The summed E-state index contributed by atoms with van der Waals surface area (Å²) in [6.07, 6.45) is 8.23. The maximum atomic E-state index is 13.1. The number of carbonyl (C=O) groups excluding carboxylic acids is 8. The van der Waals surface area contributed by atoms with Crippen LogP contribution >= 0.6 is 0 Å². The van der Waals surface area contributed by atoms with Crippen LogP contribution in [0.4, 0.5) is 28.8 Å². The Kier molecular flexibility index (Phi) is 35.6. The van der Waals surface area contributed by atoms with E-state index in [2.05, 4.69) is 34.4 Å². The van der Waals surface area contributed by atoms with Crippen molar-refractivity contribution < 1.29 is 66.9 Å². The van der Waals surface area contributed by atoms with Gasteiger partial charge in [0, 0.05) is 64.5 Å². The second-order valence-corrected chi connectivity index (χ2v) is 14.2. The van der Waals surface area contributed by atoms with Gasteiger partial charge in [0.1, 0.15) is 32.5 Å². The Morgan fingerprint density at radius 1 is 0.484 bits per heavy atom. The molecule has 21 heteroatoms. The standard InChI is InChI=1S/C43H75N7O14/c1-7-35(8-2)63-40(55)46-27-21-14-13-19-25-44-38(53)49(42(57)61-33-31-59-36(51)9-3)29-23-17-15-20-26-45-39(54)50(43(58)62-34-32-60-37(52)10-4)30-24-18-16-22-28-47-41(56)64-48(11-5)12-6/h9-10,35H,3-4,7-8,11-34H2,1-2,5-6H3,(H,44,53)(H,45,54)(H,46,55)(H,47,56). The number of carbonyl (C=O) groups is 8. The van der Waals surface area contributed by atoms with E-state index in [0.717, 1.165) is 54.1 Å². The summed E-state index contributed by atoms with van der Waals surface area (Å²) < 4.78 is 25.3. The molecule has 0 atom stereocenters. The van der Waals surface area contributed by atoms with E-state index in [0.29, 0.717) is 90.5 Å². The fourth-order valence-electron chi connectivity index (χ4n) is 5.58. The minimum Gasteiger partial charge on any atom is -0.459 e. The van der Waals surface area contributed by atoms with Crippen LogP contribution in [-0.2, 0) is 38.1 Å². The number of alkyl carbamates (subject to hydrolysis) is 1. The SMILES string of the molecule is C=CC(=O)OCCOC(=O)N(CCCCCCNC(=O)ON(CC)CC)C(=O)NCCCCCCN(C(=O)NCCCCCCNC(=O)OC(CC)CC)C(=O)OCCOC(=O)C=C. The number of hydroxylamine groups is 2. The number of amides is 8. The summed E-state index contributed by atoms with van der Waals surface area (Å²) in [5.41, 5.74) is 0. The van der Waals surface area contributed by atoms with Gasteiger partial charge in [-0.05, 0) is 65.2 Å². The molecule has 0 saturated carbocycles. The molecular formula is C43H75N7O14. The number of urea groups is 2. The molecule has 21 nitrogen and oxygen atoms in total. The molecule has 0 spiro atoms. The van der Waals surface area contributed by atoms with Crippen molar-refractivity contribution in [3.05, 3.63) is 25.3 Å². The molecule has 0 aliphatic carbocycles. The van der Waals surface area contributed by atoms with Crippen molar-refractivity contribution >= 4 is 48.4 Å². The normalized spacial score (nSPS) is 10.5. The minimum atomic E-state index is -0.902. The lowest BCUT2D eigenvalue weighted by Crippen LogP contribution is -2.45. The first-order valence-electron chi connectivity index (χ1n) is 22.5. The lowest BCUT2D eigenvalue weighted by Gasteiger charge is -2.21. The van der Waals surface area contributed by atoms with E-state index in [1.165, 1.54) is 5.06 Å². The van der Waals surface area contributed by atoms with Gasteiger partial charge in [0.15, 0.2) is 0 Å². The van der Waals surface area contributed by atoms with Crippen LogP contribution in [0.1, 0.15) is 118 Å². The molecule has 0 bridgehead atoms. The summed E-state index contributed by atoms with van der Waals surface area (Å²) in [6.45, 7) is 16.0. The predicted molar refractivity (Wildman–Crippen MR) is 237 cm³/mol. The largest absolute Gasteiger partial charge is 0.459 e. The Balaban J connectivity index is 4.94.